The predicted molar refractivity (Wildman–Crippen MR) is 68.6 cm³/mol. The number of nitriles is 1. The van der Waals surface area contributed by atoms with Gasteiger partial charge in [-0.15, -0.1) is 11.3 Å². The third-order valence-corrected chi connectivity index (χ3v) is 4.61. The lowest BCUT2D eigenvalue weighted by Gasteiger charge is -1.97. The Kier molecular flexibility index (Phi) is 2.75. The number of hydrogen-bond acceptors (Lipinski definition) is 2. The van der Waals surface area contributed by atoms with E-state index in [2.05, 4.69) is 53.8 Å². The highest BCUT2D eigenvalue weighted by Crippen LogP contribution is 2.31. The molecule has 1 aromatic carbocycles. The fraction of sp³-hybridized carbons (Fsp3) is 0.182. The van der Waals surface area contributed by atoms with Gasteiger partial charge in [-0.05, 0) is 52.6 Å². The van der Waals surface area contributed by atoms with Crippen molar-refractivity contribution in [2.45, 2.75) is 13.3 Å². The minimum Gasteiger partial charge on any atom is -0.198 e. The van der Waals surface area contributed by atoms with Gasteiger partial charge in [-0.25, -0.2) is 0 Å². The standard InChI is InChI=1S/C11H8INS/c1-7-10(12)3-2-8-6-9(4-5-13)14-11(7)8/h2-3,6H,4H2,1H3. The summed E-state index contributed by atoms with van der Waals surface area (Å²) >= 11 is 4.08. The summed E-state index contributed by atoms with van der Waals surface area (Å²) < 4.78 is 2.61. The van der Waals surface area contributed by atoms with Crippen molar-refractivity contribution in [2.75, 3.05) is 0 Å². The fourth-order valence-corrected chi connectivity index (χ4v) is 3.16. The second-order valence-corrected chi connectivity index (χ2v) is 5.44. The first-order valence-electron chi connectivity index (χ1n) is 4.27. The maximum atomic E-state index is 8.62. The summed E-state index contributed by atoms with van der Waals surface area (Å²) in [6.45, 7) is 2.14. The van der Waals surface area contributed by atoms with Crippen molar-refractivity contribution in [3.05, 3.63) is 32.2 Å². The van der Waals surface area contributed by atoms with Crippen LogP contribution in [0.1, 0.15) is 10.4 Å². The number of thiophene rings is 1. The molecule has 0 spiro atoms. The maximum Gasteiger partial charge on any atom is 0.0696 e. The van der Waals surface area contributed by atoms with Crippen LogP contribution in [0.25, 0.3) is 10.1 Å². The second kappa shape index (κ2) is 3.87. The lowest BCUT2D eigenvalue weighted by molar-refractivity contribution is 1.32. The Morgan fingerprint density at radius 3 is 3.00 bits per heavy atom. The van der Waals surface area contributed by atoms with Crippen LogP contribution in [0.3, 0.4) is 0 Å². The summed E-state index contributed by atoms with van der Waals surface area (Å²) in [4.78, 5) is 1.16. The van der Waals surface area contributed by atoms with Crippen molar-refractivity contribution in [1.82, 2.24) is 0 Å². The topological polar surface area (TPSA) is 23.8 Å². The van der Waals surface area contributed by atoms with Crippen molar-refractivity contribution in [1.29, 1.82) is 5.26 Å². The Balaban J connectivity index is 2.66. The lowest BCUT2D eigenvalue weighted by atomic mass is 10.2. The third-order valence-electron chi connectivity index (χ3n) is 2.17. The molecule has 0 fully saturated rings. The van der Waals surface area contributed by atoms with Crippen molar-refractivity contribution in [2.24, 2.45) is 0 Å². The molecule has 0 saturated carbocycles. The van der Waals surface area contributed by atoms with Gasteiger partial charge in [-0.2, -0.15) is 5.26 Å². The molecule has 0 atom stereocenters. The van der Waals surface area contributed by atoms with Gasteiger partial charge in [0.05, 0.1) is 12.5 Å². The lowest BCUT2D eigenvalue weighted by Crippen LogP contribution is -1.77. The SMILES string of the molecule is Cc1c(I)ccc2cc(CC#N)sc12. The van der Waals surface area contributed by atoms with Gasteiger partial charge in [0.15, 0.2) is 0 Å². The van der Waals surface area contributed by atoms with Crippen LogP contribution in [0, 0.1) is 21.8 Å². The van der Waals surface area contributed by atoms with Crippen LogP contribution < -0.4 is 0 Å². The van der Waals surface area contributed by atoms with E-state index in [9.17, 15) is 0 Å². The molecule has 0 aliphatic rings. The quantitative estimate of drug-likeness (QED) is 0.733. The van der Waals surface area contributed by atoms with Gasteiger partial charge in [-0.1, -0.05) is 6.07 Å². The van der Waals surface area contributed by atoms with Gasteiger partial charge in [0, 0.05) is 13.1 Å². The van der Waals surface area contributed by atoms with Gasteiger partial charge in [0.2, 0.25) is 0 Å². The molecule has 3 heteroatoms. The first-order valence-corrected chi connectivity index (χ1v) is 6.16. The zero-order chi connectivity index (χ0) is 10.1. The van der Waals surface area contributed by atoms with Crippen molar-refractivity contribution in [3.63, 3.8) is 0 Å². The Labute approximate surface area is 101 Å². The highest BCUT2D eigenvalue weighted by Gasteiger charge is 2.05. The molecular weight excluding hydrogens is 305 g/mol. The molecule has 0 amide bonds. The second-order valence-electron chi connectivity index (χ2n) is 3.14. The average Bonchev–Trinajstić information content (AvgIpc) is 2.56. The molecule has 1 aromatic heterocycles. The van der Waals surface area contributed by atoms with Crippen LogP contribution >= 0.6 is 33.9 Å². The van der Waals surface area contributed by atoms with Crippen molar-refractivity contribution < 1.29 is 0 Å². The fourth-order valence-electron chi connectivity index (χ4n) is 1.44. The largest absolute Gasteiger partial charge is 0.198 e. The molecule has 0 saturated heterocycles. The Morgan fingerprint density at radius 1 is 1.50 bits per heavy atom. The van der Waals surface area contributed by atoms with E-state index in [1.807, 2.05) is 0 Å². The highest BCUT2D eigenvalue weighted by atomic mass is 127. The smallest absolute Gasteiger partial charge is 0.0696 e. The number of hydrogen-bond donors (Lipinski definition) is 0. The Bertz CT molecular complexity index is 522. The first kappa shape index (κ1) is 9.94. The molecule has 2 rings (SSSR count). The number of nitrogens with zero attached hydrogens (tertiary/aromatic N) is 1. The summed E-state index contributed by atoms with van der Waals surface area (Å²) in [6, 6.07) is 8.56. The number of benzene rings is 1. The Hall–Kier alpha value is -0.600. The van der Waals surface area contributed by atoms with Gasteiger partial charge in [0.25, 0.3) is 0 Å². The normalized spacial score (nSPS) is 10.4. The summed E-state index contributed by atoms with van der Waals surface area (Å²) in [6.07, 6.45) is 0.523. The molecule has 70 valence electrons. The van der Waals surface area contributed by atoms with E-state index < -0.39 is 0 Å². The zero-order valence-corrected chi connectivity index (χ0v) is 10.6. The summed E-state index contributed by atoms with van der Waals surface area (Å²) in [7, 11) is 0. The van der Waals surface area contributed by atoms with Crippen LogP contribution in [0.4, 0.5) is 0 Å². The van der Waals surface area contributed by atoms with Crippen molar-refractivity contribution in [3.8, 4) is 6.07 Å². The summed E-state index contributed by atoms with van der Waals surface area (Å²) in [5.41, 5.74) is 1.33. The monoisotopic (exact) mass is 313 g/mol. The number of halogens is 1. The van der Waals surface area contributed by atoms with E-state index >= 15 is 0 Å². The molecule has 0 bridgehead atoms. The number of fused-ring (bicyclic) bond motifs is 1. The predicted octanol–water partition coefficient (Wildman–Crippen LogP) is 3.88. The van der Waals surface area contributed by atoms with Gasteiger partial charge in [-0.3, -0.25) is 0 Å². The van der Waals surface area contributed by atoms with E-state index in [0.717, 1.165) is 4.88 Å². The van der Waals surface area contributed by atoms with E-state index in [-0.39, 0.29) is 0 Å². The number of aryl methyl sites for hydroxylation is 1. The first-order chi connectivity index (χ1) is 6.72. The van der Waals surface area contributed by atoms with Crippen molar-refractivity contribution >= 4 is 44.0 Å². The minimum atomic E-state index is 0.523. The molecular formula is C11H8INS. The molecule has 14 heavy (non-hydrogen) atoms. The molecule has 0 radical (unpaired) electrons. The highest BCUT2D eigenvalue weighted by molar-refractivity contribution is 14.1. The van der Waals surface area contributed by atoms with Crippen LogP contribution in [-0.2, 0) is 6.42 Å². The molecule has 0 unspecified atom stereocenters. The van der Waals surface area contributed by atoms with Crippen LogP contribution in [0.15, 0.2) is 18.2 Å². The molecule has 0 N–H and O–H groups in total. The summed E-state index contributed by atoms with van der Waals surface area (Å²) in [5, 5.41) is 9.89. The van der Waals surface area contributed by atoms with E-state index in [1.165, 1.54) is 19.2 Å². The van der Waals surface area contributed by atoms with Gasteiger partial charge in [0.1, 0.15) is 0 Å². The Morgan fingerprint density at radius 2 is 2.29 bits per heavy atom. The molecule has 0 aliphatic carbocycles. The van der Waals surface area contributed by atoms with E-state index in [0.29, 0.717) is 6.42 Å². The minimum absolute atomic E-state index is 0.523. The zero-order valence-electron chi connectivity index (χ0n) is 7.67. The molecule has 2 aromatic rings. The van der Waals surface area contributed by atoms with Gasteiger partial charge < -0.3 is 0 Å². The molecule has 0 aliphatic heterocycles. The summed E-state index contributed by atoms with van der Waals surface area (Å²) in [5.74, 6) is 0. The van der Waals surface area contributed by atoms with Crippen LogP contribution in [0.5, 0.6) is 0 Å². The maximum absolute atomic E-state index is 8.62. The van der Waals surface area contributed by atoms with Gasteiger partial charge >= 0.3 is 0 Å². The van der Waals surface area contributed by atoms with E-state index in [4.69, 9.17) is 5.26 Å². The van der Waals surface area contributed by atoms with E-state index in [1.54, 1.807) is 11.3 Å². The molecule has 1 heterocycles. The van der Waals surface area contributed by atoms with Crippen LogP contribution in [-0.4, -0.2) is 0 Å². The average molecular weight is 313 g/mol. The number of rotatable bonds is 1. The molecule has 1 nitrogen and oxygen atoms in total. The van der Waals surface area contributed by atoms with Crippen LogP contribution in [0.2, 0.25) is 0 Å². The third kappa shape index (κ3) is 1.64.